The van der Waals surface area contributed by atoms with Crippen LogP contribution in [0.3, 0.4) is 0 Å². The molecule has 2 N–H and O–H groups in total. The predicted molar refractivity (Wildman–Crippen MR) is 87.7 cm³/mol. The van der Waals surface area contributed by atoms with Gasteiger partial charge in [0, 0.05) is 6.54 Å². The summed E-state index contributed by atoms with van der Waals surface area (Å²) in [5, 5.41) is 6.30. The summed E-state index contributed by atoms with van der Waals surface area (Å²) in [7, 11) is 0. The number of hydrogen-bond acceptors (Lipinski definition) is 3. The first-order chi connectivity index (χ1) is 9.45. The Morgan fingerprint density at radius 3 is 2.50 bits per heavy atom. The largest absolute Gasteiger partial charge is 0.465 e. The van der Waals surface area contributed by atoms with Crippen LogP contribution in [0.15, 0.2) is 23.3 Å². The fraction of sp³-hybridized carbons (Fsp3) is 0.600. The summed E-state index contributed by atoms with van der Waals surface area (Å²) in [5.41, 5.74) is 2.67. The second-order valence-electron chi connectivity index (χ2n) is 4.74. The molecule has 0 saturated carbocycles. The number of carbonyl (C=O) groups is 1. The van der Waals surface area contributed by atoms with Crippen LogP contribution in [-0.2, 0) is 9.53 Å². The Bertz CT molecular complexity index is 372. The summed E-state index contributed by atoms with van der Waals surface area (Å²) >= 11 is 5.06. The van der Waals surface area contributed by atoms with Crippen LogP contribution in [-0.4, -0.2) is 30.8 Å². The van der Waals surface area contributed by atoms with Crippen LogP contribution in [0.2, 0.25) is 0 Å². The first kappa shape index (κ1) is 18.6. The monoisotopic (exact) mass is 298 g/mol. The number of nitrogens with one attached hydrogen (secondary N) is 2. The van der Waals surface area contributed by atoms with E-state index >= 15 is 0 Å². The van der Waals surface area contributed by atoms with Gasteiger partial charge in [0.2, 0.25) is 0 Å². The van der Waals surface area contributed by atoms with E-state index in [1.165, 1.54) is 11.1 Å². The van der Waals surface area contributed by atoms with Crippen LogP contribution in [0.4, 0.5) is 0 Å². The molecule has 0 heterocycles. The van der Waals surface area contributed by atoms with Gasteiger partial charge in [0.1, 0.15) is 6.54 Å². The third-order valence-electron chi connectivity index (χ3n) is 2.50. The van der Waals surface area contributed by atoms with E-state index in [-0.39, 0.29) is 12.5 Å². The van der Waals surface area contributed by atoms with Crippen molar-refractivity contribution in [2.45, 2.75) is 40.5 Å². The first-order valence-electron chi connectivity index (χ1n) is 6.92. The van der Waals surface area contributed by atoms with Gasteiger partial charge in [-0.1, -0.05) is 23.3 Å². The van der Waals surface area contributed by atoms with E-state index in [0.717, 1.165) is 12.8 Å². The molecule has 0 atom stereocenters. The average molecular weight is 298 g/mol. The van der Waals surface area contributed by atoms with Crippen molar-refractivity contribution >= 4 is 23.3 Å². The minimum absolute atomic E-state index is 0.100. The van der Waals surface area contributed by atoms with Gasteiger partial charge in [-0.2, -0.15) is 0 Å². The van der Waals surface area contributed by atoms with Crippen molar-refractivity contribution in [3.63, 3.8) is 0 Å². The van der Waals surface area contributed by atoms with Gasteiger partial charge in [0.15, 0.2) is 5.11 Å². The molecule has 0 spiro atoms. The summed E-state index contributed by atoms with van der Waals surface area (Å²) in [6.07, 6.45) is 6.46. The summed E-state index contributed by atoms with van der Waals surface area (Å²) in [6.45, 7) is 9.24. The van der Waals surface area contributed by atoms with Crippen molar-refractivity contribution in [2.24, 2.45) is 0 Å². The van der Waals surface area contributed by atoms with Crippen molar-refractivity contribution in [2.75, 3.05) is 19.7 Å². The number of ether oxygens (including phenoxy) is 1. The van der Waals surface area contributed by atoms with Crippen molar-refractivity contribution < 1.29 is 9.53 Å². The fourth-order valence-electron chi connectivity index (χ4n) is 1.44. The van der Waals surface area contributed by atoms with E-state index in [4.69, 9.17) is 17.0 Å². The Balaban J connectivity index is 3.78. The van der Waals surface area contributed by atoms with Gasteiger partial charge in [-0.05, 0) is 52.8 Å². The number of hydrogen-bond donors (Lipinski definition) is 2. The zero-order chi connectivity index (χ0) is 15.4. The summed E-state index contributed by atoms with van der Waals surface area (Å²) in [5.74, 6) is -0.301. The summed E-state index contributed by atoms with van der Waals surface area (Å²) in [4.78, 5) is 11.1. The van der Waals surface area contributed by atoms with E-state index in [2.05, 4.69) is 43.6 Å². The first-order valence-corrected chi connectivity index (χ1v) is 7.32. The third-order valence-corrected chi connectivity index (χ3v) is 2.79. The number of thiocarbonyl (C=S) groups is 1. The highest BCUT2D eigenvalue weighted by Gasteiger charge is 2.01. The van der Waals surface area contributed by atoms with E-state index < -0.39 is 0 Å². The summed E-state index contributed by atoms with van der Waals surface area (Å²) in [6, 6.07) is 0. The normalized spacial score (nSPS) is 10.7. The molecule has 0 aliphatic heterocycles. The molecular weight excluding hydrogens is 272 g/mol. The Morgan fingerprint density at radius 1 is 1.20 bits per heavy atom. The van der Waals surface area contributed by atoms with E-state index in [0.29, 0.717) is 18.3 Å². The molecule has 0 aliphatic rings. The number of esters is 1. The lowest BCUT2D eigenvalue weighted by Gasteiger charge is -2.08. The smallest absolute Gasteiger partial charge is 0.325 e. The lowest BCUT2D eigenvalue weighted by Crippen LogP contribution is -2.38. The highest BCUT2D eigenvalue weighted by atomic mass is 32.1. The Morgan fingerprint density at radius 2 is 1.90 bits per heavy atom. The average Bonchev–Trinajstić information content (AvgIpc) is 2.36. The van der Waals surface area contributed by atoms with Gasteiger partial charge in [-0.15, -0.1) is 0 Å². The van der Waals surface area contributed by atoms with Gasteiger partial charge in [-0.3, -0.25) is 4.79 Å². The van der Waals surface area contributed by atoms with Crippen LogP contribution in [0, 0.1) is 0 Å². The fourth-order valence-corrected chi connectivity index (χ4v) is 1.59. The SMILES string of the molecule is CCOC(=O)CNC(=S)NC/C=C(\C)CCC=C(C)C. The molecule has 0 aromatic heterocycles. The molecule has 0 unspecified atom stereocenters. The molecule has 4 nitrogen and oxygen atoms in total. The van der Waals surface area contributed by atoms with Crippen molar-refractivity contribution in [3.05, 3.63) is 23.3 Å². The minimum atomic E-state index is -0.301. The quantitative estimate of drug-likeness (QED) is 0.410. The second kappa shape index (κ2) is 11.5. The molecule has 0 radical (unpaired) electrons. The van der Waals surface area contributed by atoms with Gasteiger partial charge < -0.3 is 15.4 Å². The summed E-state index contributed by atoms with van der Waals surface area (Å²) < 4.78 is 4.79. The molecule has 0 bridgehead atoms. The molecule has 0 aliphatic carbocycles. The maximum Gasteiger partial charge on any atom is 0.325 e. The minimum Gasteiger partial charge on any atom is -0.465 e. The van der Waals surface area contributed by atoms with Gasteiger partial charge in [-0.25, -0.2) is 0 Å². The molecule has 0 amide bonds. The van der Waals surface area contributed by atoms with E-state index in [1.54, 1.807) is 6.92 Å². The molecule has 0 aromatic rings. The topological polar surface area (TPSA) is 50.4 Å². The zero-order valence-electron chi connectivity index (χ0n) is 12.9. The van der Waals surface area contributed by atoms with Crippen molar-refractivity contribution in [3.8, 4) is 0 Å². The van der Waals surface area contributed by atoms with Crippen LogP contribution >= 0.6 is 12.2 Å². The third kappa shape index (κ3) is 11.7. The molecule has 114 valence electrons. The lowest BCUT2D eigenvalue weighted by molar-refractivity contribution is -0.141. The Labute approximate surface area is 127 Å². The van der Waals surface area contributed by atoms with Gasteiger partial charge >= 0.3 is 5.97 Å². The van der Waals surface area contributed by atoms with Crippen molar-refractivity contribution in [1.82, 2.24) is 10.6 Å². The van der Waals surface area contributed by atoms with Crippen LogP contribution in [0.1, 0.15) is 40.5 Å². The molecule has 0 rings (SSSR count). The Kier molecular flexibility index (Phi) is 10.7. The van der Waals surface area contributed by atoms with Crippen LogP contribution < -0.4 is 10.6 Å². The number of allylic oxidation sites excluding steroid dienone is 3. The van der Waals surface area contributed by atoms with Crippen LogP contribution in [0.25, 0.3) is 0 Å². The number of carbonyl (C=O) groups excluding carboxylic acids is 1. The standard InChI is InChI=1S/C15H26N2O2S/c1-5-19-14(18)11-17-15(20)16-10-9-13(4)8-6-7-12(2)3/h7,9H,5-6,8,10-11H2,1-4H3,(H2,16,17,20)/b13-9+. The zero-order valence-corrected chi connectivity index (χ0v) is 13.7. The molecular formula is C15H26N2O2S. The second-order valence-corrected chi connectivity index (χ2v) is 5.15. The maximum absolute atomic E-state index is 11.1. The van der Waals surface area contributed by atoms with Gasteiger partial charge in [0.05, 0.1) is 6.61 Å². The molecule has 20 heavy (non-hydrogen) atoms. The molecule has 5 heteroatoms. The van der Waals surface area contributed by atoms with Crippen molar-refractivity contribution in [1.29, 1.82) is 0 Å². The highest BCUT2D eigenvalue weighted by molar-refractivity contribution is 7.80. The van der Waals surface area contributed by atoms with Gasteiger partial charge in [0.25, 0.3) is 0 Å². The highest BCUT2D eigenvalue weighted by Crippen LogP contribution is 2.05. The molecule has 0 fully saturated rings. The molecule has 0 saturated heterocycles. The maximum atomic E-state index is 11.1. The molecule has 0 aromatic carbocycles. The van der Waals surface area contributed by atoms with E-state index in [1.807, 2.05) is 0 Å². The van der Waals surface area contributed by atoms with Crippen LogP contribution in [0.5, 0.6) is 0 Å². The Hall–Kier alpha value is -1.36. The van der Waals surface area contributed by atoms with E-state index in [9.17, 15) is 4.79 Å². The predicted octanol–water partition coefficient (Wildman–Crippen LogP) is 2.71. The number of rotatable bonds is 8. The lowest BCUT2D eigenvalue weighted by atomic mass is 10.1.